The Bertz CT molecular complexity index is 397. The van der Waals surface area contributed by atoms with Gasteiger partial charge in [0.15, 0.2) is 0 Å². The van der Waals surface area contributed by atoms with Crippen molar-refractivity contribution in [1.29, 1.82) is 0 Å². The van der Waals surface area contributed by atoms with Crippen molar-refractivity contribution in [3.8, 4) is 5.75 Å². The molecule has 0 saturated carbocycles. The molecule has 1 fully saturated rings. The summed E-state index contributed by atoms with van der Waals surface area (Å²) in [5, 5.41) is 12.2. The summed E-state index contributed by atoms with van der Waals surface area (Å²) in [6.07, 6.45) is 0.471. The van der Waals surface area contributed by atoms with E-state index in [4.69, 9.17) is 4.74 Å². The Labute approximate surface area is 113 Å². The van der Waals surface area contributed by atoms with E-state index in [1.165, 1.54) is 0 Å². The Hall–Kier alpha value is -1.59. The van der Waals surface area contributed by atoms with Crippen LogP contribution in [0.1, 0.15) is 6.42 Å². The van der Waals surface area contributed by atoms with Crippen LogP contribution in [0.5, 0.6) is 5.75 Å². The highest BCUT2D eigenvalue weighted by atomic mass is 16.5. The molecule has 1 aliphatic heterocycles. The number of ether oxygens (including phenoxy) is 1. The molecule has 1 aliphatic rings. The molecule has 2 rings (SSSR count). The molecule has 19 heavy (non-hydrogen) atoms. The van der Waals surface area contributed by atoms with Crippen LogP contribution in [-0.4, -0.2) is 54.8 Å². The molecule has 5 heteroatoms. The SMILES string of the molecule is O=C(CN1CCC(O)C1)NCCOc1ccccc1. The van der Waals surface area contributed by atoms with Crippen molar-refractivity contribution in [2.24, 2.45) is 0 Å². The number of para-hydroxylation sites is 1. The maximum atomic E-state index is 11.6. The van der Waals surface area contributed by atoms with E-state index < -0.39 is 0 Å². The molecule has 5 nitrogen and oxygen atoms in total. The number of rotatable bonds is 6. The first-order valence-electron chi connectivity index (χ1n) is 6.59. The van der Waals surface area contributed by atoms with Crippen LogP contribution in [0, 0.1) is 0 Å². The number of hydrogen-bond acceptors (Lipinski definition) is 4. The van der Waals surface area contributed by atoms with E-state index >= 15 is 0 Å². The molecular weight excluding hydrogens is 244 g/mol. The van der Waals surface area contributed by atoms with Gasteiger partial charge in [-0.15, -0.1) is 0 Å². The third kappa shape index (κ3) is 4.89. The van der Waals surface area contributed by atoms with E-state index in [-0.39, 0.29) is 12.0 Å². The minimum Gasteiger partial charge on any atom is -0.492 e. The second-order valence-electron chi connectivity index (χ2n) is 4.69. The summed E-state index contributed by atoms with van der Waals surface area (Å²) in [6.45, 7) is 2.67. The molecule has 0 aliphatic carbocycles. The van der Waals surface area contributed by atoms with Crippen molar-refractivity contribution < 1.29 is 14.6 Å². The average molecular weight is 264 g/mol. The predicted octanol–water partition coefficient (Wildman–Crippen LogP) is 0.248. The van der Waals surface area contributed by atoms with E-state index in [1.807, 2.05) is 35.2 Å². The van der Waals surface area contributed by atoms with Crippen molar-refractivity contribution in [1.82, 2.24) is 10.2 Å². The minimum atomic E-state index is -0.283. The van der Waals surface area contributed by atoms with Crippen molar-refractivity contribution in [2.45, 2.75) is 12.5 Å². The maximum Gasteiger partial charge on any atom is 0.234 e. The highest BCUT2D eigenvalue weighted by Gasteiger charge is 2.21. The first-order valence-corrected chi connectivity index (χ1v) is 6.59. The quantitative estimate of drug-likeness (QED) is 0.723. The molecule has 1 aromatic rings. The Morgan fingerprint density at radius 3 is 2.89 bits per heavy atom. The standard InChI is InChI=1S/C14H20N2O3/c17-12-6-8-16(10-12)11-14(18)15-7-9-19-13-4-2-1-3-5-13/h1-5,12,17H,6-11H2,(H,15,18). The summed E-state index contributed by atoms with van der Waals surface area (Å²) in [5.74, 6) is 0.783. The number of nitrogens with one attached hydrogen (secondary N) is 1. The fourth-order valence-corrected chi connectivity index (χ4v) is 2.09. The molecule has 2 N–H and O–H groups in total. The van der Waals surface area contributed by atoms with Gasteiger partial charge in [0, 0.05) is 13.1 Å². The number of carbonyl (C=O) groups excluding carboxylic acids is 1. The Balaban J connectivity index is 1.57. The van der Waals surface area contributed by atoms with Gasteiger partial charge in [-0.1, -0.05) is 18.2 Å². The molecule has 1 amide bonds. The van der Waals surface area contributed by atoms with Gasteiger partial charge < -0.3 is 15.2 Å². The first kappa shape index (κ1) is 13.8. The van der Waals surface area contributed by atoms with Gasteiger partial charge in [0.1, 0.15) is 12.4 Å². The average Bonchev–Trinajstić information content (AvgIpc) is 2.81. The largest absolute Gasteiger partial charge is 0.492 e. The van der Waals surface area contributed by atoms with E-state index in [0.717, 1.165) is 18.7 Å². The fraction of sp³-hybridized carbons (Fsp3) is 0.500. The lowest BCUT2D eigenvalue weighted by atomic mass is 10.3. The number of nitrogens with zero attached hydrogens (tertiary/aromatic N) is 1. The van der Waals surface area contributed by atoms with Crippen molar-refractivity contribution in [3.63, 3.8) is 0 Å². The summed E-state index contributed by atoms with van der Waals surface area (Å²) < 4.78 is 5.48. The van der Waals surface area contributed by atoms with Crippen LogP contribution < -0.4 is 10.1 Å². The van der Waals surface area contributed by atoms with E-state index in [9.17, 15) is 9.90 Å². The monoisotopic (exact) mass is 264 g/mol. The maximum absolute atomic E-state index is 11.6. The molecular formula is C14H20N2O3. The van der Waals surface area contributed by atoms with Crippen LogP contribution in [0.2, 0.25) is 0 Å². The van der Waals surface area contributed by atoms with Gasteiger partial charge >= 0.3 is 0 Å². The zero-order chi connectivity index (χ0) is 13.5. The molecule has 0 radical (unpaired) electrons. The van der Waals surface area contributed by atoms with Crippen LogP contribution in [-0.2, 0) is 4.79 Å². The van der Waals surface area contributed by atoms with Gasteiger partial charge in [-0.3, -0.25) is 9.69 Å². The smallest absolute Gasteiger partial charge is 0.234 e. The summed E-state index contributed by atoms with van der Waals surface area (Å²) in [5.41, 5.74) is 0. The molecule has 0 aromatic heterocycles. The van der Waals surface area contributed by atoms with Crippen molar-refractivity contribution >= 4 is 5.91 Å². The van der Waals surface area contributed by atoms with Gasteiger partial charge in [0.05, 0.1) is 19.2 Å². The van der Waals surface area contributed by atoms with Crippen LogP contribution in [0.3, 0.4) is 0 Å². The molecule has 0 spiro atoms. The second-order valence-corrected chi connectivity index (χ2v) is 4.69. The number of β-amino-alcohol motifs (C(OH)–C–C–N with tert-alkyl or cyclic N) is 1. The molecule has 104 valence electrons. The third-order valence-electron chi connectivity index (χ3n) is 3.05. The van der Waals surface area contributed by atoms with Crippen molar-refractivity contribution in [2.75, 3.05) is 32.8 Å². The zero-order valence-electron chi connectivity index (χ0n) is 10.9. The number of aliphatic hydroxyl groups is 1. The van der Waals surface area contributed by atoms with Crippen LogP contribution >= 0.6 is 0 Å². The Kier molecular flexibility index (Phi) is 5.18. The highest BCUT2D eigenvalue weighted by Crippen LogP contribution is 2.08. The molecule has 1 atom stereocenters. The van der Waals surface area contributed by atoms with Crippen LogP contribution in [0.25, 0.3) is 0 Å². The number of likely N-dealkylation sites (tertiary alicyclic amines) is 1. The van der Waals surface area contributed by atoms with Crippen LogP contribution in [0.4, 0.5) is 0 Å². The number of carbonyl (C=O) groups is 1. The molecule has 1 unspecified atom stereocenters. The first-order chi connectivity index (χ1) is 9.24. The lowest BCUT2D eigenvalue weighted by molar-refractivity contribution is -0.122. The second kappa shape index (κ2) is 7.11. The van der Waals surface area contributed by atoms with Gasteiger partial charge in [-0.25, -0.2) is 0 Å². The summed E-state index contributed by atoms with van der Waals surface area (Å²) in [7, 11) is 0. The molecule has 1 saturated heterocycles. The van der Waals surface area contributed by atoms with Crippen LogP contribution in [0.15, 0.2) is 30.3 Å². The minimum absolute atomic E-state index is 0.0224. The number of hydrogen-bond donors (Lipinski definition) is 2. The summed E-state index contributed by atoms with van der Waals surface area (Å²) >= 11 is 0. The Morgan fingerprint density at radius 1 is 1.42 bits per heavy atom. The molecule has 0 bridgehead atoms. The molecule has 1 aromatic carbocycles. The zero-order valence-corrected chi connectivity index (χ0v) is 10.9. The number of benzene rings is 1. The van der Waals surface area contributed by atoms with E-state index in [2.05, 4.69) is 5.32 Å². The highest BCUT2D eigenvalue weighted by molar-refractivity contribution is 5.78. The van der Waals surface area contributed by atoms with E-state index in [0.29, 0.717) is 26.2 Å². The lowest BCUT2D eigenvalue weighted by Crippen LogP contribution is -2.38. The van der Waals surface area contributed by atoms with Gasteiger partial charge in [0.2, 0.25) is 5.91 Å². The summed E-state index contributed by atoms with van der Waals surface area (Å²) in [4.78, 5) is 13.6. The van der Waals surface area contributed by atoms with Gasteiger partial charge in [-0.2, -0.15) is 0 Å². The molecule has 1 heterocycles. The van der Waals surface area contributed by atoms with Gasteiger partial charge in [-0.05, 0) is 18.6 Å². The third-order valence-corrected chi connectivity index (χ3v) is 3.05. The van der Waals surface area contributed by atoms with E-state index in [1.54, 1.807) is 0 Å². The Morgan fingerprint density at radius 2 is 2.21 bits per heavy atom. The predicted molar refractivity (Wildman–Crippen MR) is 72.0 cm³/mol. The van der Waals surface area contributed by atoms with Gasteiger partial charge in [0.25, 0.3) is 0 Å². The van der Waals surface area contributed by atoms with Crippen molar-refractivity contribution in [3.05, 3.63) is 30.3 Å². The lowest BCUT2D eigenvalue weighted by Gasteiger charge is -2.14. The number of amides is 1. The number of aliphatic hydroxyl groups excluding tert-OH is 1. The fourth-order valence-electron chi connectivity index (χ4n) is 2.09. The topological polar surface area (TPSA) is 61.8 Å². The normalized spacial score (nSPS) is 19.3. The summed E-state index contributed by atoms with van der Waals surface area (Å²) in [6, 6.07) is 9.51.